The standard InChI is InChI=1S/C21H30N2O2/c1-3-18-6-4-7-19(14-18)15-22-12-10-21(16-22)9-5-11-23(17-21)20(24)8-13-25-2/h3-4,6-7,14H,1,5,8-13,15-17H2,2H3. The van der Waals surface area contributed by atoms with Gasteiger partial charge >= 0.3 is 0 Å². The molecule has 2 aliphatic heterocycles. The quantitative estimate of drug-likeness (QED) is 0.796. The van der Waals surface area contributed by atoms with E-state index in [2.05, 4.69) is 40.6 Å². The highest BCUT2D eigenvalue weighted by Crippen LogP contribution is 2.39. The van der Waals surface area contributed by atoms with Crippen molar-refractivity contribution in [3.8, 4) is 0 Å². The summed E-state index contributed by atoms with van der Waals surface area (Å²) in [6.07, 6.45) is 5.97. The van der Waals surface area contributed by atoms with Gasteiger partial charge in [-0.3, -0.25) is 9.69 Å². The first kappa shape index (κ1) is 18.2. The molecular weight excluding hydrogens is 312 g/mol. The van der Waals surface area contributed by atoms with E-state index in [4.69, 9.17) is 4.74 Å². The molecule has 0 aliphatic carbocycles. The van der Waals surface area contributed by atoms with Crippen LogP contribution in [0.5, 0.6) is 0 Å². The summed E-state index contributed by atoms with van der Waals surface area (Å²) in [5, 5.41) is 0. The van der Waals surface area contributed by atoms with Gasteiger partial charge in [-0.2, -0.15) is 0 Å². The summed E-state index contributed by atoms with van der Waals surface area (Å²) in [4.78, 5) is 17.0. The van der Waals surface area contributed by atoms with Crippen molar-refractivity contribution >= 4 is 12.0 Å². The number of rotatable bonds is 6. The number of benzene rings is 1. The normalized spacial score (nSPS) is 24.0. The molecule has 0 radical (unpaired) electrons. The Bertz CT molecular complexity index is 616. The van der Waals surface area contributed by atoms with Crippen LogP contribution < -0.4 is 0 Å². The molecule has 2 fully saturated rings. The van der Waals surface area contributed by atoms with Crippen LogP contribution in [0.1, 0.15) is 36.8 Å². The molecule has 1 aromatic carbocycles. The average Bonchev–Trinajstić information content (AvgIpc) is 3.01. The number of carbonyl (C=O) groups excluding carboxylic acids is 1. The first-order valence-corrected chi connectivity index (χ1v) is 9.35. The molecule has 4 heteroatoms. The molecule has 136 valence electrons. The van der Waals surface area contributed by atoms with E-state index < -0.39 is 0 Å². The zero-order chi connectivity index (χ0) is 17.7. The van der Waals surface area contributed by atoms with E-state index >= 15 is 0 Å². The van der Waals surface area contributed by atoms with Crippen LogP contribution in [0.4, 0.5) is 0 Å². The van der Waals surface area contributed by atoms with Crippen molar-refractivity contribution in [3.63, 3.8) is 0 Å². The summed E-state index contributed by atoms with van der Waals surface area (Å²) >= 11 is 0. The summed E-state index contributed by atoms with van der Waals surface area (Å²) in [5.74, 6) is 0.248. The monoisotopic (exact) mass is 342 g/mol. The van der Waals surface area contributed by atoms with Crippen molar-refractivity contribution in [1.82, 2.24) is 9.80 Å². The van der Waals surface area contributed by atoms with E-state index in [0.717, 1.165) is 39.1 Å². The molecule has 1 spiro atoms. The molecule has 2 aliphatic rings. The molecule has 0 N–H and O–H groups in total. The van der Waals surface area contributed by atoms with E-state index in [-0.39, 0.29) is 11.3 Å². The van der Waals surface area contributed by atoms with Gasteiger partial charge in [0.25, 0.3) is 0 Å². The maximum atomic E-state index is 12.4. The zero-order valence-corrected chi connectivity index (χ0v) is 15.4. The first-order valence-electron chi connectivity index (χ1n) is 9.35. The molecule has 2 heterocycles. The minimum Gasteiger partial charge on any atom is -0.384 e. The van der Waals surface area contributed by atoms with Crippen molar-refractivity contribution in [2.75, 3.05) is 39.9 Å². The van der Waals surface area contributed by atoms with Crippen molar-refractivity contribution in [1.29, 1.82) is 0 Å². The topological polar surface area (TPSA) is 32.8 Å². The third kappa shape index (κ3) is 4.50. The van der Waals surface area contributed by atoms with E-state index in [1.54, 1.807) is 7.11 Å². The lowest BCUT2D eigenvalue weighted by Crippen LogP contribution is -2.47. The molecule has 4 nitrogen and oxygen atoms in total. The highest BCUT2D eigenvalue weighted by Gasteiger charge is 2.42. The lowest BCUT2D eigenvalue weighted by Gasteiger charge is -2.40. The number of nitrogens with zero attached hydrogens (tertiary/aromatic N) is 2. The van der Waals surface area contributed by atoms with Crippen LogP contribution in [0.25, 0.3) is 6.08 Å². The third-order valence-corrected chi connectivity index (χ3v) is 5.64. The Balaban J connectivity index is 1.58. The number of amides is 1. The maximum absolute atomic E-state index is 12.4. The molecular formula is C21H30N2O2. The summed E-state index contributed by atoms with van der Waals surface area (Å²) in [6, 6.07) is 8.61. The van der Waals surface area contributed by atoms with Gasteiger partial charge in [-0.15, -0.1) is 0 Å². The summed E-state index contributed by atoms with van der Waals surface area (Å²) < 4.78 is 5.06. The van der Waals surface area contributed by atoms with Crippen molar-refractivity contribution in [2.24, 2.45) is 5.41 Å². The Morgan fingerprint density at radius 1 is 1.32 bits per heavy atom. The predicted octanol–water partition coefficient (Wildman–Crippen LogP) is 3.18. The molecule has 1 amide bonds. The number of piperidine rings is 1. The van der Waals surface area contributed by atoms with Crippen LogP contribution in [-0.2, 0) is 16.1 Å². The molecule has 0 bridgehead atoms. The minimum atomic E-state index is 0.248. The smallest absolute Gasteiger partial charge is 0.224 e. The third-order valence-electron chi connectivity index (χ3n) is 5.64. The Kier molecular flexibility index (Phi) is 5.92. The minimum absolute atomic E-state index is 0.248. The molecule has 0 saturated carbocycles. The SMILES string of the molecule is C=Cc1cccc(CN2CCC3(CCCN(C(=O)CCOC)C3)C2)c1. The van der Waals surface area contributed by atoms with Crippen LogP contribution in [-0.4, -0.2) is 55.6 Å². The maximum Gasteiger partial charge on any atom is 0.224 e. The molecule has 1 atom stereocenters. The van der Waals surface area contributed by atoms with Crippen molar-refractivity contribution < 1.29 is 9.53 Å². The van der Waals surface area contributed by atoms with E-state index in [0.29, 0.717) is 13.0 Å². The first-order chi connectivity index (χ1) is 12.1. The second-order valence-electron chi connectivity index (χ2n) is 7.57. The van der Waals surface area contributed by atoms with E-state index in [1.807, 2.05) is 6.08 Å². The largest absolute Gasteiger partial charge is 0.384 e. The highest BCUT2D eigenvalue weighted by molar-refractivity contribution is 5.76. The number of hydrogen-bond donors (Lipinski definition) is 0. The van der Waals surface area contributed by atoms with Gasteiger partial charge in [0, 0.05) is 38.7 Å². The molecule has 25 heavy (non-hydrogen) atoms. The van der Waals surface area contributed by atoms with Crippen LogP contribution >= 0.6 is 0 Å². The molecule has 0 aromatic heterocycles. The Morgan fingerprint density at radius 3 is 3.00 bits per heavy atom. The van der Waals surface area contributed by atoms with Gasteiger partial charge in [0.15, 0.2) is 0 Å². The van der Waals surface area contributed by atoms with Crippen LogP contribution in [0.15, 0.2) is 30.8 Å². The van der Waals surface area contributed by atoms with Gasteiger partial charge in [-0.1, -0.05) is 36.9 Å². The van der Waals surface area contributed by atoms with Gasteiger partial charge in [-0.05, 0) is 36.9 Å². The molecule has 3 rings (SSSR count). The average molecular weight is 342 g/mol. The highest BCUT2D eigenvalue weighted by atomic mass is 16.5. The fraction of sp³-hybridized carbons (Fsp3) is 0.571. The van der Waals surface area contributed by atoms with Crippen LogP contribution in [0, 0.1) is 5.41 Å². The van der Waals surface area contributed by atoms with Gasteiger partial charge in [0.05, 0.1) is 13.0 Å². The van der Waals surface area contributed by atoms with Gasteiger partial charge in [0.1, 0.15) is 0 Å². The van der Waals surface area contributed by atoms with Crippen molar-refractivity contribution in [3.05, 3.63) is 42.0 Å². The van der Waals surface area contributed by atoms with Crippen LogP contribution in [0.3, 0.4) is 0 Å². The second kappa shape index (κ2) is 8.15. The fourth-order valence-corrected chi connectivity index (χ4v) is 4.34. The van der Waals surface area contributed by atoms with Gasteiger partial charge in [-0.25, -0.2) is 0 Å². The van der Waals surface area contributed by atoms with E-state index in [9.17, 15) is 4.79 Å². The number of hydrogen-bond acceptors (Lipinski definition) is 3. The lowest BCUT2D eigenvalue weighted by atomic mass is 9.79. The number of likely N-dealkylation sites (tertiary alicyclic amines) is 2. The number of carbonyl (C=O) groups is 1. The van der Waals surface area contributed by atoms with Gasteiger partial charge in [0.2, 0.25) is 5.91 Å². The Morgan fingerprint density at radius 2 is 2.20 bits per heavy atom. The fourth-order valence-electron chi connectivity index (χ4n) is 4.34. The van der Waals surface area contributed by atoms with E-state index in [1.165, 1.54) is 24.0 Å². The second-order valence-corrected chi connectivity index (χ2v) is 7.57. The number of ether oxygens (including phenoxy) is 1. The summed E-state index contributed by atoms with van der Waals surface area (Å²) in [6.45, 7) is 9.41. The summed E-state index contributed by atoms with van der Waals surface area (Å²) in [5.41, 5.74) is 2.81. The number of methoxy groups -OCH3 is 1. The zero-order valence-electron chi connectivity index (χ0n) is 15.4. The van der Waals surface area contributed by atoms with Gasteiger partial charge < -0.3 is 9.64 Å². The lowest BCUT2D eigenvalue weighted by molar-refractivity contribution is -0.135. The predicted molar refractivity (Wildman–Crippen MR) is 101 cm³/mol. The van der Waals surface area contributed by atoms with Crippen LogP contribution in [0.2, 0.25) is 0 Å². The molecule has 1 unspecified atom stereocenters. The van der Waals surface area contributed by atoms with Crippen molar-refractivity contribution in [2.45, 2.75) is 32.2 Å². The Labute approximate surface area is 151 Å². The summed E-state index contributed by atoms with van der Waals surface area (Å²) in [7, 11) is 1.65. The Hall–Kier alpha value is -1.65. The molecule has 2 saturated heterocycles. The molecule has 1 aromatic rings.